The van der Waals surface area contributed by atoms with Gasteiger partial charge in [0, 0.05) is 23.6 Å². The van der Waals surface area contributed by atoms with Gasteiger partial charge in [-0.1, -0.05) is 48.5 Å². The van der Waals surface area contributed by atoms with Crippen LogP contribution in [0.4, 0.5) is 4.39 Å². The second kappa shape index (κ2) is 8.03. The summed E-state index contributed by atoms with van der Waals surface area (Å²) in [5, 5.41) is 0. The predicted octanol–water partition coefficient (Wildman–Crippen LogP) is 4.45. The van der Waals surface area contributed by atoms with Crippen molar-refractivity contribution in [3.63, 3.8) is 0 Å². The van der Waals surface area contributed by atoms with E-state index in [4.69, 9.17) is 0 Å². The van der Waals surface area contributed by atoms with Crippen LogP contribution < -0.4 is 11.2 Å². The quantitative estimate of drug-likeness (QED) is 0.691. The zero-order valence-corrected chi connectivity index (χ0v) is 16.3. The van der Waals surface area contributed by atoms with Gasteiger partial charge in [0.1, 0.15) is 5.82 Å². The summed E-state index contributed by atoms with van der Waals surface area (Å²) < 4.78 is 13.9. The van der Waals surface area contributed by atoms with Crippen molar-refractivity contribution in [3.8, 4) is 0 Å². The van der Waals surface area contributed by atoms with Crippen LogP contribution in [0.25, 0.3) is 5.57 Å². The van der Waals surface area contributed by atoms with Gasteiger partial charge in [0.25, 0.3) is 5.56 Å². The lowest BCUT2D eigenvalue weighted by molar-refractivity contribution is 0.594. The minimum absolute atomic E-state index is 0.0568. The molecule has 29 heavy (non-hydrogen) atoms. The molecular weight excluding hydrogens is 367 g/mol. The lowest BCUT2D eigenvalue weighted by atomic mass is 9.82. The molecule has 1 heterocycles. The molecule has 4 nitrogen and oxygen atoms in total. The zero-order chi connectivity index (χ0) is 20.4. The average Bonchev–Trinajstić information content (AvgIpc) is 2.73. The molecule has 0 bridgehead atoms. The minimum atomic E-state index is -0.474. The summed E-state index contributed by atoms with van der Waals surface area (Å²) in [6.07, 6.45) is 4.85. The number of hydrogen-bond donors (Lipinski definition) is 2. The van der Waals surface area contributed by atoms with Gasteiger partial charge in [0.15, 0.2) is 0 Å². The summed E-state index contributed by atoms with van der Waals surface area (Å²) in [6.45, 7) is 1.80. The Bertz CT molecular complexity index is 1180. The Balaban J connectivity index is 1.66. The summed E-state index contributed by atoms with van der Waals surface area (Å²) in [4.78, 5) is 29.7. The van der Waals surface area contributed by atoms with Crippen LogP contribution in [-0.4, -0.2) is 9.97 Å². The van der Waals surface area contributed by atoms with Crippen molar-refractivity contribution in [1.82, 2.24) is 9.97 Å². The molecule has 0 saturated carbocycles. The standard InChI is InChI=1S/C24H23FN2O2/c1-15-19(8-5-9-21(15)25)17-10-12-18(13-11-17)22-20(23(28)27-24(29)26-22)14-16-6-3-2-4-7-16/h2-10,18H,11-14H2,1H3,(H2,26,27,28,29). The second-order valence-electron chi connectivity index (χ2n) is 7.58. The third kappa shape index (κ3) is 3.99. The van der Waals surface area contributed by atoms with E-state index in [0.717, 1.165) is 29.5 Å². The molecule has 5 heteroatoms. The molecule has 2 aromatic carbocycles. The Kier molecular flexibility index (Phi) is 5.30. The van der Waals surface area contributed by atoms with Crippen molar-refractivity contribution < 1.29 is 4.39 Å². The maximum atomic E-state index is 13.9. The van der Waals surface area contributed by atoms with Gasteiger partial charge in [-0.05, 0) is 54.5 Å². The van der Waals surface area contributed by atoms with E-state index in [0.29, 0.717) is 29.7 Å². The third-order valence-corrected chi connectivity index (χ3v) is 5.73. The third-order valence-electron chi connectivity index (χ3n) is 5.73. The largest absolute Gasteiger partial charge is 0.325 e. The monoisotopic (exact) mass is 390 g/mol. The topological polar surface area (TPSA) is 65.7 Å². The highest BCUT2D eigenvalue weighted by atomic mass is 19.1. The van der Waals surface area contributed by atoms with Gasteiger partial charge in [0.2, 0.25) is 0 Å². The molecule has 0 fully saturated rings. The SMILES string of the molecule is Cc1c(F)cccc1C1=CCC(c2[nH]c(=O)[nH]c(=O)c2Cc2ccccc2)CC1. The van der Waals surface area contributed by atoms with Crippen molar-refractivity contribution in [2.45, 2.75) is 38.5 Å². The molecule has 0 amide bonds. The van der Waals surface area contributed by atoms with Crippen LogP contribution in [0.1, 0.15) is 53.1 Å². The zero-order valence-electron chi connectivity index (χ0n) is 16.3. The van der Waals surface area contributed by atoms with Gasteiger partial charge < -0.3 is 4.98 Å². The molecule has 3 aromatic rings. The molecule has 1 aliphatic carbocycles. The summed E-state index contributed by atoms with van der Waals surface area (Å²) >= 11 is 0. The number of hydrogen-bond acceptors (Lipinski definition) is 2. The van der Waals surface area contributed by atoms with Gasteiger partial charge in [-0.3, -0.25) is 9.78 Å². The van der Waals surface area contributed by atoms with Crippen molar-refractivity contribution in [1.29, 1.82) is 0 Å². The van der Waals surface area contributed by atoms with Gasteiger partial charge in [0.05, 0.1) is 0 Å². The Labute approximate surface area is 168 Å². The normalized spacial score (nSPS) is 16.5. The van der Waals surface area contributed by atoms with Crippen LogP contribution in [-0.2, 0) is 6.42 Å². The van der Waals surface area contributed by atoms with E-state index >= 15 is 0 Å². The van der Waals surface area contributed by atoms with E-state index < -0.39 is 5.69 Å². The molecule has 148 valence electrons. The van der Waals surface area contributed by atoms with Crippen LogP contribution in [0.5, 0.6) is 0 Å². The van der Waals surface area contributed by atoms with Gasteiger partial charge in [-0.2, -0.15) is 0 Å². The summed E-state index contributed by atoms with van der Waals surface area (Å²) in [7, 11) is 0. The first-order valence-electron chi connectivity index (χ1n) is 9.86. The molecule has 2 N–H and O–H groups in total. The van der Waals surface area contributed by atoms with E-state index in [-0.39, 0.29) is 17.3 Å². The first-order valence-corrected chi connectivity index (χ1v) is 9.86. The van der Waals surface area contributed by atoms with Crippen molar-refractivity contribution in [3.05, 3.63) is 109 Å². The molecule has 1 unspecified atom stereocenters. The number of aromatic nitrogens is 2. The molecule has 1 aromatic heterocycles. The van der Waals surface area contributed by atoms with Gasteiger partial charge >= 0.3 is 5.69 Å². The number of allylic oxidation sites excluding steroid dienone is 2. The average molecular weight is 390 g/mol. The maximum Gasteiger partial charge on any atom is 0.325 e. The van der Waals surface area contributed by atoms with Crippen molar-refractivity contribution in [2.75, 3.05) is 0 Å². The van der Waals surface area contributed by atoms with E-state index in [1.54, 1.807) is 13.0 Å². The molecule has 4 rings (SSSR count). The lowest BCUT2D eigenvalue weighted by Gasteiger charge is -2.24. The first kappa shape index (κ1) is 19.1. The van der Waals surface area contributed by atoms with Crippen molar-refractivity contribution in [2.24, 2.45) is 0 Å². The van der Waals surface area contributed by atoms with E-state index in [9.17, 15) is 14.0 Å². The highest BCUT2D eigenvalue weighted by molar-refractivity contribution is 5.69. The number of H-pyrrole nitrogens is 2. The Morgan fingerprint density at radius 3 is 2.55 bits per heavy atom. The maximum absolute atomic E-state index is 13.9. The number of halogens is 1. The van der Waals surface area contributed by atoms with Crippen LogP contribution in [0, 0.1) is 12.7 Å². The van der Waals surface area contributed by atoms with Gasteiger partial charge in [-0.25, -0.2) is 9.18 Å². The molecule has 0 radical (unpaired) electrons. The predicted molar refractivity (Wildman–Crippen MR) is 113 cm³/mol. The summed E-state index contributed by atoms with van der Waals surface area (Å²) in [5.74, 6) is -0.143. The molecule has 1 aliphatic rings. The van der Waals surface area contributed by atoms with Gasteiger partial charge in [-0.15, -0.1) is 0 Å². The van der Waals surface area contributed by atoms with Crippen molar-refractivity contribution >= 4 is 5.57 Å². The highest BCUT2D eigenvalue weighted by Crippen LogP contribution is 2.37. The molecule has 1 atom stereocenters. The Morgan fingerprint density at radius 1 is 1.03 bits per heavy atom. The van der Waals surface area contributed by atoms with Crippen LogP contribution in [0.3, 0.4) is 0 Å². The number of aromatic amines is 2. The first-order chi connectivity index (χ1) is 14.0. The van der Waals surface area contributed by atoms with Crippen LogP contribution in [0.2, 0.25) is 0 Å². The van der Waals surface area contributed by atoms with Crippen LogP contribution in [0.15, 0.2) is 64.2 Å². The second-order valence-corrected chi connectivity index (χ2v) is 7.58. The number of rotatable bonds is 4. The fourth-order valence-corrected chi connectivity index (χ4v) is 4.15. The fourth-order valence-electron chi connectivity index (χ4n) is 4.15. The summed E-state index contributed by atoms with van der Waals surface area (Å²) in [6, 6.07) is 14.9. The Hall–Kier alpha value is -3.21. The van der Waals surface area contributed by atoms with E-state index in [1.165, 1.54) is 6.07 Å². The highest BCUT2D eigenvalue weighted by Gasteiger charge is 2.23. The van der Waals surface area contributed by atoms with E-state index in [1.807, 2.05) is 36.4 Å². The molecule has 0 aliphatic heterocycles. The fraction of sp³-hybridized carbons (Fsp3) is 0.250. The smallest absolute Gasteiger partial charge is 0.311 e. The molecule has 0 spiro atoms. The lowest BCUT2D eigenvalue weighted by Crippen LogP contribution is -2.30. The molecular formula is C24H23FN2O2. The number of nitrogens with one attached hydrogen (secondary N) is 2. The molecule has 0 saturated heterocycles. The van der Waals surface area contributed by atoms with E-state index in [2.05, 4.69) is 16.0 Å². The summed E-state index contributed by atoms with van der Waals surface area (Å²) in [5.41, 5.74) is 4.26. The minimum Gasteiger partial charge on any atom is -0.311 e. The number of benzene rings is 2. The Morgan fingerprint density at radius 2 is 1.83 bits per heavy atom. The van der Waals surface area contributed by atoms with Crippen LogP contribution >= 0.6 is 0 Å².